The molecule has 2 aliphatic rings. The Kier molecular flexibility index (Phi) is 4.25. The van der Waals surface area contributed by atoms with Gasteiger partial charge in [-0.1, -0.05) is 11.6 Å². The standard InChI is InChI=1S/C15H23ClN6O2/c1-15(2,3)24-14(23)21-6-4-9(5-7-21)22-10-8-11(16)18-19-12(10)13(17)20-22/h8-9,18-19H,4-7H2,1-3H3,(H2,17,20). The van der Waals surface area contributed by atoms with E-state index in [1.54, 1.807) is 11.0 Å². The Hall–Kier alpha value is -2.09. The van der Waals surface area contributed by atoms with Crippen molar-refractivity contribution in [3.8, 4) is 0 Å². The first-order valence-electron chi connectivity index (χ1n) is 8.00. The number of nitrogens with one attached hydrogen (secondary N) is 2. The number of hydrogen-bond donors (Lipinski definition) is 3. The first-order valence-corrected chi connectivity index (χ1v) is 8.37. The molecule has 0 radical (unpaired) electrons. The van der Waals surface area contributed by atoms with Crippen LogP contribution in [0.2, 0.25) is 0 Å². The number of ether oxygens (including phenoxy) is 1. The zero-order valence-corrected chi connectivity index (χ0v) is 14.9. The number of aromatic nitrogens is 2. The minimum absolute atomic E-state index is 0.162. The van der Waals surface area contributed by atoms with Gasteiger partial charge in [-0.05, 0) is 33.6 Å². The van der Waals surface area contributed by atoms with Gasteiger partial charge in [0.15, 0.2) is 5.82 Å². The number of amides is 1. The molecule has 0 unspecified atom stereocenters. The third-order valence-electron chi connectivity index (χ3n) is 4.01. The SMILES string of the molecule is CC(C)(C)OC(=O)N1CCC(n2nc(N)c3c2C=C(Cl)NN3)CC1. The van der Waals surface area contributed by atoms with Crippen LogP contribution in [0.4, 0.5) is 16.3 Å². The number of anilines is 2. The summed E-state index contributed by atoms with van der Waals surface area (Å²) in [5.41, 5.74) is 12.8. The molecule has 4 N–H and O–H groups in total. The van der Waals surface area contributed by atoms with E-state index in [0.717, 1.165) is 24.2 Å². The van der Waals surface area contributed by atoms with Crippen LogP contribution in [0.5, 0.6) is 0 Å². The maximum atomic E-state index is 12.2. The van der Waals surface area contributed by atoms with E-state index in [9.17, 15) is 4.79 Å². The van der Waals surface area contributed by atoms with Crippen molar-refractivity contribution in [3.05, 3.63) is 10.9 Å². The Labute approximate surface area is 145 Å². The molecule has 132 valence electrons. The molecule has 2 aliphatic heterocycles. The molecular weight excluding hydrogens is 332 g/mol. The van der Waals surface area contributed by atoms with Crippen molar-refractivity contribution >= 4 is 35.3 Å². The van der Waals surface area contributed by atoms with Crippen molar-refractivity contribution in [2.24, 2.45) is 0 Å². The summed E-state index contributed by atoms with van der Waals surface area (Å²) in [5.74, 6) is 0.424. The molecular formula is C15H23ClN6O2. The Morgan fingerprint density at radius 3 is 2.67 bits per heavy atom. The van der Waals surface area contributed by atoms with Crippen molar-refractivity contribution in [2.45, 2.75) is 45.3 Å². The second-order valence-electron chi connectivity index (χ2n) is 7.03. The fraction of sp³-hybridized carbons (Fsp3) is 0.600. The van der Waals surface area contributed by atoms with Gasteiger partial charge in [-0.15, -0.1) is 0 Å². The fourth-order valence-corrected chi connectivity index (χ4v) is 3.06. The maximum absolute atomic E-state index is 12.2. The van der Waals surface area contributed by atoms with Crippen molar-refractivity contribution in [1.29, 1.82) is 0 Å². The Morgan fingerprint density at radius 2 is 2.04 bits per heavy atom. The lowest BCUT2D eigenvalue weighted by atomic mass is 10.1. The topological polar surface area (TPSA) is 97.4 Å². The lowest BCUT2D eigenvalue weighted by Gasteiger charge is -2.34. The Balaban J connectivity index is 1.69. The molecule has 8 nitrogen and oxygen atoms in total. The third-order valence-corrected chi connectivity index (χ3v) is 4.21. The zero-order valence-electron chi connectivity index (χ0n) is 14.1. The summed E-state index contributed by atoms with van der Waals surface area (Å²) < 4.78 is 7.32. The molecule has 24 heavy (non-hydrogen) atoms. The Morgan fingerprint density at radius 1 is 1.38 bits per heavy atom. The van der Waals surface area contributed by atoms with Crippen molar-refractivity contribution < 1.29 is 9.53 Å². The lowest BCUT2D eigenvalue weighted by Crippen LogP contribution is -2.42. The molecule has 9 heteroatoms. The molecule has 1 amide bonds. The van der Waals surface area contributed by atoms with Crippen LogP contribution in [-0.2, 0) is 4.74 Å². The highest BCUT2D eigenvalue weighted by molar-refractivity contribution is 6.31. The zero-order chi connectivity index (χ0) is 17.5. The van der Waals surface area contributed by atoms with Crippen molar-refractivity contribution in [1.82, 2.24) is 20.1 Å². The van der Waals surface area contributed by atoms with E-state index in [1.807, 2.05) is 25.5 Å². The van der Waals surface area contributed by atoms with Crippen LogP contribution >= 0.6 is 11.6 Å². The molecule has 0 saturated carbocycles. The number of rotatable bonds is 1. The molecule has 0 bridgehead atoms. The van der Waals surface area contributed by atoms with E-state index >= 15 is 0 Å². The quantitative estimate of drug-likeness (QED) is 0.670. The van der Waals surface area contributed by atoms with E-state index in [2.05, 4.69) is 16.0 Å². The van der Waals surface area contributed by atoms with Gasteiger partial charge < -0.3 is 15.4 Å². The molecule has 0 spiro atoms. The number of carbonyl (C=O) groups is 1. The number of piperidine rings is 1. The molecule has 0 aliphatic carbocycles. The van der Waals surface area contributed by atoms with Crippen LogP contribution in [0.1, 0.15) is 45.3 Å². The molecule has 1 saturated heterocycles. The highest BCUT2D eigenvalue weighted by Gasteiger charge is 2.30. The second kappa shape index (κ2) is 6.08. The monoisotopic (exact) mass is 354 g/mol. The summed E-state index contributed by atoms with van der Waals surface area (Å²) in [6, 6.07) is 0.162. The molecule has 0 aromatic carbocycles. The third kappa shape index (κ3) is 3.38. The van der Waals surface area contributed by atoms with Gasteiger partial charge in [0.1, 0.15) is 16.4 Å². The molecule has 1 aromatic heterocycles. The van der Waals surface area contributed by atoms with Crippen LogP contribution in [0, 0.1) is 0 Å². The van der Waals surface area contributed by atoms with Gasteiger partial charge in [-0.2, -0.15) is 5.10 Å². The molecule has 0 atom stereocenters. The summed E-state index contributed by atoms with van der Waals surface area (Å²) >= 11 is 6.03. The van der Waals surface area contributed by atoms with Crippen LogP contribution in [0.15, 0.2) is 5.16 Å². The van der Waals surface area contributed by atoms with Gasteiger partial charge in [0.25, 0.3) is 0 Å². The summed E-state index contributed by atoms with van der Waals surface area (Å²) in [4.78, 5) is 13.9. The van der Waals surface area contributed by atoms with Crippen molar-refractivity contribution in [3.63, 3.8) is 0 Å². The largest absolute Gasteiger partial charge is 0.444 e. The fourth-order valence-electron chi connectivity index (χ4n) is 2.91. The van der Waals surface area contributed by atoms with Crippen LogP contribution in [-0.4, -0.2) is 39.5 Å². The molecule has 3 heterocycles. The number of nitrogen functional groups attached to an aromatic ring is 1. The van der Waals surface area contributed by atoms with Crippen LogP contribution in [0.25, 0.3) is 6.08 Å². The van der Waals surface area contributed by atoms with Gasteiger partial charge in [0.2, 0.25) is 0 Å². The predicted molar refractivity (Wildman–Crippen MR) is 93.3 cm³/mol. The van der Waals surface area contributed by atoms with Gasteiger partial charge in [0, 0.05) is 19.2 Å². The van der Waals surface area contributed by atoms with E-state index in [1.165, 1.54) is 0 Å². The van der Waals surface area contributed by atoms with E-state index in [0.29, 0.717) is 24.1 Å². The second-order valence-corrected chi connectivity index (χ2v) is 7.44. The highest BCUT2D eigenvalue weighted by atomic mass is 35.5. The minimum Gasteiger partial charge on any atom is -0.444 e. The number of hydrazine groups is 1. The number of fused-ring (bicyclic) bond motifs is 1. The average Bonchev–Trinajstić information content (AvgIpc) is 2.82. The van der Waals surface area contributed by atoms with Crippen LogP contribution in [0.3, 0.4) is 0 Å². The summed E-state index contributed by atoms with van der Waals surface area (Å²) in [5, 5.41) is 4.92. The molecule has 1 aromatic rings. The minimum atomic E-state index is -0.482. The van der Waals surface area contributed by atoms with Gasteiger partial charge in [-0.3, -0.25) is 15.5 Å². The van der Waals surface area contributed by atoms with E-state index in [4.69, 9.17) is 22.1 Å². The molecule has 1 fully saturated rings. The number of likely N-dealkylation sites (tertiary alicyclic amines) is 1. The number of nitrogens with zero attached hydrogens (tertiary/aromatic N) is 3. The first kappa shape index (κ1) is 16.8. The maximum Gasteiger partial charge on any atom is 0.410 e. The lowest BCUT2D eigenvalue weighted by molar-refractivity contribution is 0.0184. The smallest absolute Gasteiger partial charge is 0.410 e. The molecule has 3 rings (SSSR count). The normalized spacial score (nSPS) is 18.3. The number of halogens is 1. The average molecular weight is 355 g/mol. The van der Waals surface area contributed by atoms with Crippen molar-refractivity contribution in [2.75, 3.05) is 24.2 Å². The number of carbonyl (C=O) groups excluding carboxylic acids is 1. The Bertz CT molecular complexity index is 670. The van der Waals surface area contributed by atoms with Gasteiger partial charge in [0.05, 0.1) is 11.7 Å². The number of hydrogen-bond acceptors (Lipinski definition) is 6. The van der Waals surface area contributed by atoms with Gasteiger partial charge >= 0.3 is 6.09 Å². The predicted octanol–water partition coefficient (Wildman–Crippen LogP) is 2.50. The first-order chi connectivity index (χ1) is 11.2. The van der Waals surface area contributed by atoms with Crippen LogP contribution < -0.4 is 16.6 Å². The van der Waals surface area contributed by atoms with Gasteiger partial charge in [-0.25, -0.2) is 4.79 Å². The number of nitrogens with two attached hydrogens (primary N) is 1. The highest BCUT2D eigenvalue weighted by Crippen LogP contribution is 2.33. The summed E-state index contributed by atoms with van der Waals surface area (Å²) in [7, 11) is 0. The summed E-state index contributed by atoms with van der Waals surface area (Å²) in [6.07, 6.45) is 3.10. The summed E-state index contributed by atoms with van der Waals surface area (Å²) in [6.45, 7) is 6.85. The van der Waals surface area contributed by atoms with E-state index < -0.39 is 5.60 Å². The van der Waals surface area contributed by atoms with E-state index in [-0.39, 0.29) is 12.1 Å².